The van der Waals surface area contributed by atoms with Crippen LogP contribution in [0.5, 0.6) is 0 Å². The molecule has 4 heterocycles. The normalized spacial score (nSPS) is 17.1. The number of ether oxygens (including phenoxy) is 1. The number of imidazole rings is 1. The minimum Gasteiger partial charge on any atom is -0.459 e. The van der Waals surface area contributed by atoms with Crippen molar-refractivity contribution in [3.63, 3.8) is 0 Å². The fraction of sp³-hybridized carbons (Fsp3) is 0.517. The van der Waals surface area contributed by atoms with Gasteiger partial charge in [0, 0.05) is 32.1 Å². The molecule has 5 rings (SSSR count). The molecule has 2 aliphatic rings. The Hall–Kier alpha value is -4.32. The number of esters is 1. The third-order valence-corrected chi connectivity index (χ3v) is 9.00. The molecule has 0 unspecified atom stereocenters. The Morgan fingerprint density at radius 1 is 1.13 bits per heavy atom. The molecule has 1 aromatic carbocycles. The third-order valence-electron chi connectivity index (χ3n) is 7.53. The zero-order chi connectivity index (χ0) is 34.0. The summed E-state index contributed by atoms with van der Waals surface area (Å²) in [6.45, 7) is 6.91. The zero-order valence-electron chi connectivity index (χ0n) is 26.0. The van der Waals surface area contributed by atoms with E-state index in [2.05, 4.69) is 35.3 Å². The summed E-state index contributed by atoms with van der Waals surface area (Å²) in [5.41, 5.74) is -1.46. The highest BCUT2D eigenvalue weighted by molar-refractivity contribution is 7.89. The fourth-order valence-electron chi connectivity index (χ4n) is 5.25. The van der Waals surface area contributed by atoms with Crippen molar-refractivity contribution in [2.24, 2.45) is 10.9 Å². The summed E-state index contributed by atoms with van der Waals surface area (Å²) in [6.07, 6.45) is -0.0505. The number of piperidine rings is 1. The van der Waals surface area contributed by atoms with Gasteiger partial charge >= 0.3 is 12.1 Å². The van der Waals surface area contributed by atoms with Crippen molar-refractivity contribution >= 4 is 44.8 Å². The summed E-state index contributed by atoms with van der Waals surface area (Å²) in [6, 6.07) is 1.67. The molecule has 3 aromatic rings. The van der Waals surface area contributed by atoms with E-state index in [4.69, 9.17) is 4.74 Å². The van der Waals surface area contributed by atoms with E-state index < -0.39 is 44.3 Å². The number of carbonyl (C=O) groups is 2. The second kappa shape index (κ2) is 13.4. The van der Waals surface area contributed by atoms with E-state index in [1.807, 2.05) is 4.90 Å². The zero-order valence-corrected chi connectivity index (χ0v) is 26.9. The number of hydrogen-bond donors (Lipinski definition) is 3. The summed E-state index contributed by atoms with van der Waals surface area (Å²) in [7, 11) is -4.62. The molecular weight excluding hydrogens is 643 g/mol. The highest BCUT2D eigenvalue weighted by Gasteiger charge is 2.35. The number of alkyl halides is 3. The topological polar surface area (TPSA) is 173 Å². The molecule has 1 fully saturated rings. The summed E-state index contributed by atoms with van der Waals surface area (Å²) in [5.74, 6) is -0.264. The number of carbonyl (C=O) groups excluding carboxylic acids is 2. The molecule has 47 heavy (non-hydrogen) atoms. The Morgan fingerprint density at radius 2 is 1.87 bits per heavy atom. The van der Waals surface area contributed by atoms with Gasteiger partial charge in [0.15, 0.2) is 22.9 Å². The SMILES string of the molecule is CC(C)(C)OC(=O)[C@H](Cn1cnc2c(N3CCC(C(=O)NC4=NCCCN4)CC3)ncnc21)NS(=O)(=O)c1cccc(C(F)(F)F)c1. The predicted molar refractivity (Wildman–Crippen MR) is 165 cm³/mol. The van der Waals surface area contributed by atoms with Gasteiger partial charge in [-0.3, -0.25) is 19.9 Å². The van der Waals surface area contributed by atoms with E-state index in [-0.39, 0.29) is 18.4 Å². The smallest absolute Gasteiger partial charge is 0.416 e. The number of fused-ring (bicyclic) bond motifs is 1. The van der Waals surface area contributed by atoms with E-state index in [0.29, 0.717) is 61.5 Å². The maximum Gasteiger partial charge on any atom is 0.416 e. The van der Waals surface area contributed by atoms with Gasteiger partial charge in [0.05, 0.1) is 23.3 Å². The van der Waals surface area contributed by atoms with Gasteiger partial charge in [0.2, 0.25) is 15.9 Å². The monoisotopic (exact) mass is 679 g/mol. The third kappa shape index (κ3) is 8.34. The summed E-state index contributed by atoms with van der Waals surface area (Å²) >= 11 is 0. The van der Waals surface area contributed by atoms with Crippen molar-refractivity contribution < 1.29 is 35.9 Å². The number of hydrogen-bond acceptors (Lipinski definition) is 11. The molecule has 0 spiro atoms. The number of anilines is 1. The highest BCUT2D eigenvalue weighted by atomic mass is 32.2. The van der Waals surface area contributed by atoms with Crippen LogP contribution in [0, 0.1) is 5.92 Å². The van der Waals surface area contributed by atoms with Crippen LogP contribution < -0.4 is 20.3 Å². The van der Waals surface area contributed by atoms with Crippen LogP contribution in [0.3, 0.4) is 0 Å². The van der Waals surface area contributed by atoms with E-state index in [9.17, 15) is 31.2 Å². The lowest BCUT2D eigenvalue weighted by molar-refractivity contribution is -0.157. The van der Waals surface area contributed by atoms with Crippen LogP contribution in [0.2, 0.25) is 0 Å². The molecule has 1 atom stereocenters. The number of nitrogens with zero attached hydrogens (tertiary/aromatic N) is 6. The Morgan fingerprint density at radius 3 is 2.53 bits per heavy atom. The molecule has 0 bridgehead atoms. The molecule has 2 aliphatic heterocycles. The van der Waals surface area contributed by atoms with Crippen LogP contribution in [0.25, 0.3) is 11.2 Å². The maximum absolute atomic E-state index is 13.3. The van der Waals surface area contributed by atoms with E-state index in [1.54, 1.807) is 20.8 Å². The number of aliphatic imine (C=N–C) groups is 1. The van der Waals surface area contributed by atoms with Crippen molar-refractivity contribution in [2.75, 3.05) is 31.1 Å². The van der Waals surface area contributed by atoms with E-state index >= 15 is 0 Å². The molecule has 2 aromatic heterocycles. The second-order valence-electron chi connectivity index (χ2n) is 12.3. The van der Waals surface area contributed by atoms with E-state index in [1.165, 1.54) is 17.2 Å². The molecule has 0 saturated carbocycles. The van der Waals surface area contributed by atoms with Crippen molar-refractivity contribution in [2.45, 2.75) is 69.3 Å². The van der Waals surface area contributed by atoms with Crippen LogP contribution >= 0.6 is 0 Å². The molecule has 18 heteroatoms. The average Bonchev–Trinajstić information content (AvgIpc) is 3.43. The van der Waals surface area contributed by atoms with Crippen molar-refractivity contribution in [1.82, 2.24) is 34.9 Å². The van der Waals surface area contributed by atoms with Gasteiger partial charge < -0.3 is 19.5 Å². The molecular formula is C29H36F3N9O5S. The largest absolute Gasteiger partial charge is 0.459 e. The average molecular weight is 680 g/mol. The first-order valence-corrected chi connectivity index (χ1v) is 16.5. The molecule has 0 aliphatic carbocycles. The van der Waals surface area contributed by atoms with Gasteiger partial charge in [-0.15, -0.1) is 0 Å². The van der Waals surface area contributed by atoms with Gasteiger partial charge in [-0.1, -0.05) is 6.07 Å². The maximum atomic E-state index is 13.3. The van der Waals surface area contributed by atoms with Gasteiger partial charge in [-0.2, -0.15) is 17.9 Å². The Labute approximate surface area is 269 Å². The first-order chi connectivity index (χ1) is 22.1. The van der Waals surface area contributed by atoms with Crippen LogP contribution in [-0.4, -0.2) is 83.6 Å². The number of aromatic nitrogens is 4. The Kier molecular flexibility index (Phi) is 9.72. The number of guanidine groups is 1. The summed E-state index contributed by atoms with van der Waals surface area (Å²) in [5, 5.41) is 5.93. The minimum atomic E-state index is -4.77. The number of rotatable bonds is 8. The quantitative estimate of drug-likeness (QED) is 0.300. The van der Waals surface area contributed by atoms with Crippen LogP contribution in [-0.2, 0) is 37.1 Å². The summed E-state index contributed by atoms with van der Waals surface area (Å²) in [4.78, 5) is 44.8. The van der Waals surface area contributed by atoms with Gasteiger partial charge in [0.25, 0.3) is 0 Å². The molecule has 254 valence electrons. The number of benzene rings is 1. The first-order valence-electron chi connectivity index (χ1n) is 15.0. The lowest BCUT2D eigenvalue weighted by Gasteiger charge is -2.32. The standard InChI is InChI=1S/C29H36F3N9O5S/c1-28(2,3)46-26(43)21(39-47(44,45)20-7-4-6-19(14-20)29(30,31)32)15-41-17-37-22-23(35-16-36-24(22)41)40-12-8-18(9-13-40)25(42)38-27-33-10-5-11-34-27/h4,6-7,14,16-18,21,39H,5,8-13,15H2,1-3H3,(H2,33,34,38,42)/t21-/m0/s1. The molecule has 1 amide bonds. The van der Waals surface area contributed by atoms with Crippen LogP contribution in [0.15, 0.2) is 46.8 Å². The van der Waals surface area contributed by atoms with Crippen LogP contribution in [0.1, 0.15) is 45.6 Å². The number of nitrogens with one attached hydrogen (secondary N) is 3. The first kappa shape index (κ1) is 34.0. The minimum absolute atomic E-state index is 0.101. The van der Waals surface area contributed by atoms with Gasteiger partial charge in [-0.25, -0.2) is 23.4 Å². The lowest BCUT2D eigenvalue weighted by atomic mass is 9.96. The van der Waals surface area contributed by atoms with E-state index in [0.717, 1.165) is 31.2 Å². The van der Waals surface area contributed by atoms with Gasteiger partial charge in [0.1, 0.15) is 18.0 Å². The predicted octanol–water partition coefficient (Wildman–Crippen LogP) is 2.22. The van der Waals surface area contributed by atoms with Gasteiger partial charge in [-0.05, 0) is 58.2 Å². The molecule has 14 nitrogen and oxygen atoms in total. The van der Waals surface area contributed by atoms with Crippen LogP contribution in [0.4, 0.5) is 19.0 Å². The molecule has 1 saturated heterocycles. The Bertz CT molecular complexity index is 1760. The lowest BCUT2D eigenvalue weighted by Crippen LogP contribution is -2.48. The van der Waals surface area contributed by atoms with Crippen molar-refractivity contribution in [3.8, 4) is 0 Å². The highest BCUT2D eigenvalue weighted by Crippen LogP contribution is 2.31. The fourth-order valence-corrected chi connectivity index (χ4v) is 6.47. The Balaban J connectivity index is 1.34. The van der Waals surface area contributed by atoms with Crippen molar-refractivity contribution in [3.05, 3.63) is 42.5 Å². The number of halogens is 3. The number of sulfonamides is 1. The summed E-state index contributed by atoms with van der Waals surface area (Å²) < 4.78 is 75.5. The van der Waals surface area contributed by atoms with Crippen molar-refractivity contribution in [1.29, 1.82) is 0 Å². The second-order valence-corrected chi connectivity index (χ2v) is 14.0. The molecule has 0 radical (unpaired) electrons. The number of amides is 1. The molecule has 3 N–H and O–H groups in total.